The smallest absolute Gasteiger partial charge is 0.121 e. The minimum Gasteiger partial charge on any atom is -0.494 e. The molecule has 0 bridgehead atoms. The second-order valence-electron chi connectivity index (χ2n) is 5.35. The van der Waals surface area contributed by atoms with Crippen molar-refractivity contribution < 1.29 is 9.84 Å². The van der Waals surface area contributed by atoms with Gasteiger partial charge in [-0.2, -0.15) is 0 Å². The van der Waals surface area contributed by atoms with E-state index in [1.807, 2.05) is 25.1 Å². The standard InChI is InChI=1S/C16H25N3O2/c1-4-21-13-5-6-15-14(11-13)18-16(19(15)9-10-20)7-8-17-12(2)3/h5-6,11-12,17,20H,4,7-10H2,1-3H3. The Balaban J connectivity index is 2.27. The van der Waals surface area contributed by atoms with Crippen LogP contribution in [-0.2, 0) is 13.0 Å². The zero-order valence-electron chi connectivity index (χ0n) is 13.1. The van der Waals surface area contributed by atoms with Gasteiger partial charge >= 0.3 is 0 Å². The number of nitrogens with one attached hydrogen (secondary N) is 1. The van der Waals surface area contributed by atoms with Gasteiger partial charge in [-0.25, -0.2) is 4.98 Å². The van der Waals surface area contributed by atoms with Gasteiger partial charge in [-0.15, -0.1) is 0 Å². The van der Waals surface area contributed by atoms with Gasteiger partial charge in [-0.1, -0.05) is 13.8 Å². The predicted octanol–water partition coefficient (Wildman–Crippen LogP) is 1.97. The van der Waals surface area contributed by atoms with Crippen molar-refractivity contribution >= 4 is 11.0 Å². The third kappa shape index (κ3) is 3.95. The van der Waals surface area contributed by atoms with Crippen molar-refractivity contribution in [2.75, 3.05) is 19.8 Å². The van der Waals surface area contributed by atoms with Crippen LogP contribution in [0.2, 0.25) is 0 Å². The molecule has 0 saturated carbocycles. The molecule has 5 heteroatoms. The number of ether oxygens (including phenoxy) is 1. The van der Waals surface area contributed by atoms with Crippen LogP contribution < -0.4 is 10.1 Å². The average Bonchev–Trinajstić information content (AvgIpc) is 2.77. The first-order valence-corrected chi connectivity index (χ1v) is 7.62. The summed E-state index contributed by atoms with van der Waals surface area (Å²) in [4.78, 5) is 4.70. The Labute approximate surface area is 125 Å². The number of aliphatic hydroxyl groups excluding tert-OH is 1. The molecule has 0 radical (unpaired) electrons. The lowest BCUT2D eigenvalue weighted by molar-refractivity contribution is 0.276. The average molecular weight is 291 g/mol. The van der Waals surface area contributed by atoms with Crippen molar-refractivity contribution in [3.05, 3.63) is 24.0 Å². The van der Waals surface area contributed by atoms with Crippen LogP contribution in [-0.4, -0.2) is 40.5 Å². The summed E-state index contributed by atoms with van der Waals surface area (Å²) in [6, 6.07) is 6.40. The van der Waals surface area contributed by atoms with Gasteiger partial charge in [0.2, 0.25) is 0 Å². The molecule has 1 aromatic carbocycles. The van der Waals surface area contributed by atoms with Gasteiger partial charge in [0.25, 0.3) is 0 Å². The summed E-state index contributed by atoms with van der Waals surface area (Å²) in [5, 5.41) is 12.7. The van der Waals surface area contributed by atoms with E-state index in [9.17, 15) is 5.11 Å². The topological polar surface area (TPSA) is 59.3 Å². The highest BCUT2D eigenvalue weighted by Crippen LogP contribution is 2.22. The molecule has 0 aliphatic carbocycles. The number of nitrogens with zero attached hydrogens (tertiary/aromatic N) is 2. The molecular formula is C16H25N3O2. The molecule has 1 heterocycles. The van der Waals surface area contributed by atoms with Gasteiger partial charge in [0.15, 0.2) is 0 Å². The number of hydrogen-bond donors (Lipinski definition) is 2. The second-order valence-corrected chi connectivity index (χ2v) is 5.35. The number of aromatic nitrogens is 2. The molecule has 1 aromatic heterocycles. The summed E-state index contributed by atoms with van der Waals surface area (Å²) in [5.41, 5.74) is 1.97. The largest absolute Gasteiger partial charge is 0.494 e. The van der Waals surface area contributed by atoms with E-state index >= 15 is 0 Å². The number of rotatable bonds is 8. The van der Waals surface area contributed by atoms with E-state index in [1.54, 1.807) is 0 Å². The maximum absolute atomic E-state index is 9.29. The molecule has 0 saturated heterocycles. The molecule has 0 unspecified atom stereocenters. The molecule has 0 atom stereocenters. The molecule has 21 heavy (non-hydrogen) atoms. The molecule has 0 amide bonds. The highest BCUT2D eigenvalue weighted by Gasteiger charge is 2.11. The molecule has 0 aliphatic heterocycles. The Morgan fingerprint density at radius 2 is 2.19 bits per heavy atom. The van der Waals surface area contributed by atoms with Crippen molar-refractivity contribution in [1.29, 1.82) is 0 Å². The summed E-state index contributed by atoms with van der Waals surface area (Å²) in [5.74, 6) is 1.84. The van der Waals surface area contributed by atoms with Crippen LogP contribution >= 0.6 is 0 Å². The monoisotopic (exact) mass is 291 g/mol. The summed E-state index contributed by atoms with van der Waals surface area (Å²) in [6.07, 6.45) is 0.844. The van der Waals surface area contributed by atoms with Crippen LogP contribution in [0.5, 0.6) is 5.75 Å². The van der Waals surface area contributed by atoms with Crippen molar-refractivity contribution in [3.63, 3.8) is 0 Å². The fourth-order valence-corrected chi connectivity index (χ4v) is 2.43. The lowest BCUT2D eigenvalue weighted by Gasteiger charge is -2.10. The Morgan fingerprint density at radius 3 is 2.86 bits per heavy atom. The van der Waals surface area contributed by atoms with Gasteiger partial charge in [-0.05, 0) is 19.1 Å². The second kappa shape index (κ2) is 7.43. The normalized spacial score (nSPS) is 11.5. The lowest BCUT2D eigenvalue weighted by atomic mass is 10.3. The van der Waals surface area contributed by atoms with Gasteiger partial charge in [-0.3, -0.25) is 0 Å². The Kier molecular flexibility index (Phi) is 5.59. The van der Waals surface area contributed by atoms with Crippen molar-refractivity contribution in [2.45, 2.75) is 39.8 Å². The van der Waals surface area contributed by atoms with E-state index in [0.29, 0.717) is 19.2 Å². The first-order chi connectivity index (χ1) is 10.2. The first kappa shape index (κ1) is 15.8. The SMILES string of the molecule is CCOc1ccc2c(c1)nc(CCNC(C)C)n2CCO. The fraction of sp³-hybridized carbons (Fsp3) is 0.562. The minimum atomic E-state index is 0.114. The van der Waals surface area contributed by atoms with Crippen LogP contribution in [0.25, 0.3) is 11.0 Å². The van der Waals surface area contributed by atoms with E-state index in [1.165, 1.54) is 0 Å². The van der Waals surface area contributed by atoms with E-state index in [4.69, 9.17) is 9.72 Å². The Hall–Kier alpha value is -1.59. The van der Waals surface area contributed by atoms with E-state index < -0.39 is 0 Å². The van der Waals surface area contributed by atoms with Crippen LogP contribution in [0.4, 0.5) is 0 Å². The number of imidazole rings is 1. The summed E-state index contributed by atoms with van der Waals surface area (Å²) < 4.78 is 7.62. The Morgan fingerprint density at radius 1 is 1.38 bits per heavy atom. The molecule has 0 aliphatic rings. The van der Waals surface area contributed by atoms with Gasteiger partial charge < -0.3 is 19.7 Å². The predicted molar refractivity (Wildman–Crippen MR) is 84.8 cm³/mol. The van der Waals surface area contributed by atoms with E-state index in [0.717, 1.165) is 35.6 Å². The molecule has 116 valence electrons. The zero-order valence-corrected chi connectivity index (χ0v) is 13.1. The summed E-state index contributed by atoms with van der Waals surface area (Å²) in [6.45, 7) is 8.44. The number of fused-ring (bicyclic) bond motifs is 1. The maximum Gasteiger partial charge on any atom is 0.121 e. The van der Waals surface area contributed by atoms with Crippen molar-refractivity contribution in [2.24, 2.45) is 0 Å². The van der Waals surface area contributed by atoms with Crippen LogP contribution in [0.3, 0.4) is 0 Å². The quantitative estimate of drug-likeness (QED) is 0.780. The molecule has 0 spiro atoms. The Bertz CT molecular complexity index is 578. The van der Waals surface area contributed by atoms with Crippen molar-refractivity contribution in [3.8, 4) is 5.75 Å². The van der Waals surface area contributed by atoms with Crippen LogP contribution in [0.15, 0.2) is 18.2 Å². The third-order valence-electron chi connectivity index (χ3n) is 3.33. The number of benzene rings is 1. The van der Waals surface area contributed by atoms with E-state index in [2.05, 4.69) is 23.7 Å². The molecular weight excluding hydrogens is 266 g/mol. The van der Waals surface area contributed by atoms with E-state index in [-0.39, 0.29) is 6.61 Å². The zero-order chi connectivity index (χ0) is 15.2. The molecule has 5 nitrogen and oxygen atoms in total. The fourth-order valence-electron chi connectivity index (χ4n) is 2.43. The molecule has 2 rings (SSSR count). The molecule has 0 fully saturated rings. The van der Waals surface area contributed by atoms with Gasteiger partial charge in [0.05, 0.1) is 24.2 Å². The number of aliphatic hydroxyl groups is 1. The maximum atomic E-state index is 9.29. The number of hydrogen-bond acceptors (Lipinski definition) is 4. The summed E-state index contributed by atoms with van der Waals surface area (Å²) >= 11 is 0. The summed E-state index contributed by atoms with van der Waals surface area (Å²) in [7, 11) is 0. The van der Waals surface area contributed by atoms with Gasteiger partial charge in [0, 0.05) is 31.6 Å². The third-order valence-corrected chi connectivity index (χ3v) is 3.33. The highest BCUT2D eigenvalue weighted by atomic mass is 16.5. The van der Waals surface area contributed by atoms with Gasteiger partial charge in [0.1, 0.15) is 11.6 Å². The highest BCUT2D eigenvalue weighted by molar-refractivity contribution is 5.77. The van der Waals surface area contributed by atoms with Crippen molar-refractivity contribution in [1.82, 2.24) is 14.9 Å². The molecule has 2 N–H and O–H groups in total. The minimum absolute atomic E-state index is 0.114. The molecule has 2 aromatic rings. The van der Waals surface area contributed by atoms with Crippen LogP contribution in [0, 0.1) is 0 Å². The van der Waals surface area contributed by atoms with Crippen LogP contribution in [0.1, 0.15) is 26.6 Å². The first-order valence-electron chi connectivity index (χ1n) is 7.62. The lowest BCUT2D eigenvalue weighted by Crippen LogP contribution is -2.26.